The molecule has 0 aliphatic carbocycles. The van der Waals surface area contributed by atoms with E-state index in [9.17, 15) is 0 Å². The Morgan fingerprint density at radius 1 is 1.35 bits per heavy atom. The van der Waals surface area contributed by atoms with E-state index in [0.29, 0.717) is 16.6 Å². The first kappa shape index (κ1) is 14.2. The monoisotopic (exact) mass is 389 g/mol. The van der Waals surface area contributed by atoms with Gasteiger partial charge in [0.1, 0.15) is 0 Å². The van der Waals surface area contributed by atoms with E-state index >= 15 is 0 Å². The predicted octanol–water partition coefficient (Wildman–Crippen LogP) is 5.39. The largest absolute Gasteiger partial charge is 0.377 e. The lowest BCUT2D eigenvalue weighted by molar-refractivity contribution is 0.994. The fraction of sp³-hybridized carbons (Fsp3) is 0.154. The zero-order valence-electron chi connectivity index (χ0n) is 10.5. The Hall–Kier alpha value is -0.750. The molecule has 0 saturated heterocycles. The van der Waals surface area contributed by atoms with Gasteiger partial charge in [0.15, 0.2) is 4.96 Å². The highest BCUT2D eigenvalue weighted by molar-refractivity contribution is 9.10. The molecule has 0 amide bonds. The molecule has 3 aromatic rings. The van der Waals surface area contributed by atoms with E-state index < -0.39 is 0 Å². The first-order valence-corrected chi connectivity index (χ1v) is 8.28. The van der Waals surface area contributed by atoms with Crippen molar-refractivity contribution in [1.82, 2.24) is 9.38 Å². The van der Waals surface area contributed by atoms with Gasteiger partial charge in [-0.2, -0.15) is 0 Å². The highest BCUT2D eigenvalue weighted by Gasteiger charge is 2.12. The van der Waals surface area contributed by atoms with Crippen LogP contribution in [-0.2, 0) is 6.54 Å². The van der Waals surface area contributed by atoms with E-state index in [0.717, 1.165) is 26.5 Å². The van der Waals surface area contributed by atoms with Crippen LogP contribution in [0.3, 0.4) is 0 Å². The van der Waals surface area contributed by atoms with Crippen molar-refractivity contribution in [1.29, 1.82) is 0 Å². The number of hydrogen-bond acceptors (Lipinski definition) is 3. The molecule has 2 aromatic heterocycles. The van der Waals surface area contributed by atoms with Crippen molar-refractivity contribution in [2.24, 2.45) is 0 Å². The predicted molar refractivity (Wildman–Crippen MR) is 89.3 cm³/mol. The Morgan fingerprint density at radius 3 is 2.75 bits per heavy atom. The maximum absolute atomic E-state index is 6.21. The van der Waals surface area contributed by atoms with E-state index in [4.69, 9.17) is 23.2 Å². The SMILES string of the molecule is Cc1nc2sccn2c1CNc1c(Cl)cc(Br)cc1Cl. The molecule has 0 aliphatic heterocycles. The Labute approximate surface area is 138 Å². The van der Waals surface area contributed by atoms with Gasteiger partial charge in [-0.25, -0.2) is 4.98 Å². The maximum Gasteiger partial charge on any atom is 0.194 e. The van der Waals surface area contributed by atoms with E-state index in [-0.39, 0.29) is 0 Å². The minimum Gasteiger partial charge on any atom is -0.377 e. The van der Waals surface area contributed by atoms with Gasteiger partial charge in [-0.1, -0.05) is 39.1 Å². The number of imidazole rings is 1. The number of hydrogen-bond donors (Lipinski definition) is 1. The number of anilines is 1. The Balaban J connectivity index is 1.90. The summed E-state index contributed by atoms with van der Waals surface area (Å²) in [6, 6.07) is 3.64. The van der Waals surface area contributed by atoms with Crippen LogP contribution >= 0.6 is 50.5 Å². The van der Waals surface area contributed by atoms with Gasteiger partial charge in [-0.15, -0.1) is 11.3 Å². The van der Waals surface area contributed by atoms with Gasteiger partial charge < -0.3 is 5.32 Å². The minimum absolute atomic E-state index is 0.591. The lowest BCUT2D eigenvalue weighted by Crippen LogP contribution is -2.04. The zero-order chi connectivity index (χ0) is 14.3. The molecule has 0 unspecified atom stereocenters. The van der Waals surface area contributed by atoms with Crippen LogP contribution in [0.1, 0.15) is 11.4 Å². The topological polar surface area (TPSA) is 29.3 Å². The van der Waals surface area contributed by atoms with E-state index in [2.05, 4.69) is 30.6 Å². The molecule has 0 atom stereocenters. The van der Waals surface area contributed by atoms with Gasteiger partial charge in [0.05, 0.1) is 33.7 Å². The van der Waals surface area contributed by atoms with Crippen LogP contribution in [0.15, 0.2) is 28.2 Å². The van der Waals surface area contributed by atoms with E-state index in [1.807, 2.05) is 30.6 Å². The Bertz CT molecular complexity index is 758. The summed E-state index contributed by atoms with van der Waals surface area (Å²) in [4.78, 5) is 5.51. The first-order chi connectivity index (χ1) is 9.56. The molecule has 3 nitrogen and oxygen atoms in total. The molecule has 2 heterocycles. The average Bonchev–Trinajstić information content (AvgIpc) is 2.90. The van der Waals surface area contributed by atoms with Crippen LogP contribution in [0.5, 0.6) is 0 Å². The van der Waals surface area contributed by atoms with Gasteiger partial charge in [0.2, 0.25) is 0 Å². The van der Waals surface area contributed by atoms with Crippen molar-refractivity contribution < 1.29 is 0 Å². The molecule has 1 aromatic carbocycles. The third-order valence-corrected chi connectivity index (χ3v) is 4.81. The standard InChI is InChI=1S/C13H10BrCl2N3S/c1-7-11(19-2-3-20-13(19)18-7)6-17-12-9(15)4-8(14)5-10(12)16/h2-5,17H,6H2,1H3. The van der Waals surface area contributed by atoms with E-state index in [1.54, 1.807) is 11.3 Å². The summed E-state index contributed by atoms with van der Waals surface area (Å²) >= 11 is 17.4. The number of benzene rings is 1. The van der Waals surface area contributed by atoms with Crippen LogP contribution < -0.4 is 5.32 Å². The number of aryl methyl sites for hydroxylation is 1. The third kappa shape index (κ3) is 2.55. The maximum atomic E-state index is 6.21. The molecule has 20 heavy (non-hydrogen) atoms. The molecule has 7 heteroatoms. The number of halogens is 3. The number of nitrogens with one attached hydrogen (secondary N) is 1. The summed E-state index contributed by atoms with van der Waals surface area (Å²) in [6.45, 7) is 2.62. The lowest BCUT2D eigenvalue weighted by Gasteiger charge is -2.11. The fourth-order valence-electron chi connectivity index (χ4n) is 2.04. The second-order valence-electron chi connectivity index (χ2n) is 4.30. The normalized spacial score (nSPS) is 11.2. The minimum atomic E-state index is 0.591. The molecule has 104 valence electrons. The van der Waals surface area contributed by atoms with Gasteiger partial charge >= 0.3 is 0 Å². The average molecular weight is 391 g/mol. The summed E-state index contributed by atoms with van der Waals surface area (Å²) in [6.07, 6.45) is 2.02. The van der Waals surface area contributed by atoms with Crippen LogP contribution in [-0.4, -0.2) is 9.38 Å². The van der Waals surface area contributed by atoms with Gasteiger partial charge in [0, 0.05) is 16.0 Å². The first-order valence-electron chi connectivity index (χ1n) is 5.85. The molecule has 0 saturated carbocycles. The molecule has 0 bridgehead atoms. The number of nitrogens with zero attached hydrogens (tertiary/aromatic N) is 2. The third-order valence-electron chi connectivity index (χ3n) is 3.00. The van der Waals surface area contributed by atoms with Crippen LogP contribution in [0.4, 0.5) is 5.69 Å². The van der Waals surface area contributed by atoms with Crippen molar-refractivity contribution in [3.63, 3.8) is 0 Å². The van der Waals surface area contributed by atoms with Crippen molar-refractivity contribution >= 4 is 61.1 Å². The number of thiazole rings is 1. The van der Waals surface area contributed by atoms with Crippen molar-refractivity contribution in [3.8, 4) is 0 Å². The quantitative estimate of drug-likeness (QED) is 0.649. The van der Waals surface area contributed by atoms with Crippen LogP contribution in [0, 0.1) is 6.92 Å². The van der Waals surface area contributed by atoms with Crippen molar-refractivity contribution in [2.45, 2.75) is 13.5 Å². The second kappa shape index (κ2) is 5.56. The lowest BCUT2D eigenvalue weighted by atomic mass is 10.3. The fourth-order valence-corrected chi connectivity index (χ4v) is 4.16. The molecule has 0 radical (unpaired) electrons. The number of fused-ring (bicyclic) bond motifs is 1. The van der Waals surface area contributed by atoms with Gasteiger partial charge in [0.25, 0.3) is 0 Å². The number of rotatable bonds is 3. The summed E-state index contributed by atoms with van der Waals surface area (Å²) in [7, 11) is 0. The molecule has 0 aliphatic rings. The molecule has 0 fully saturated rings. The number of aromatic nitrogens is 2. The molecule has 1 N–H and O–H groups in total. The summed E-state index contributed by atoms with van der Waals surface area (Å²) in [5.41, 5.74) is 2.85. The van der Waals surface area contributed by atoms with Gasteiger partial charge in [-0.3, -0.25) is 4.40 Å². The summed E-state index contributed by atoms with van der Waals surface area (Å²) in [5, 5.41) is 6.49. The van der Waals surface area contributed by atoms with Crippen molar-refractivity contribution in [3.05, 3.63) is 49.6 Å². The highest BCUT2D eigenvalue weighted by atomic mass is 79.9. The van der Waals surface area contributed by atoms with Crippen molar-refractivity contribution in [2.75, 3.05) is 5.32 Å². The molecule has 3 rings (SSSR count). The Kier molecular flexibility index (Phi) is 3.95. The Morgan fingerprint density at radius 2 is 2.05 bits per heavy atom. The van der Waals surface area contributed by atoms with E-state index in [1.165, 1.54) is 0 Å². The smallest absolute Gasteiger partial charge is 0.194 e. The second-order valence-corrected chi connectivity index (χ2v) is 6.90. The molecule has 0 spiro atoms. The summed E-state index contributed by atoms with van der Waals surface area (Å²) in [5.74, 6) is 0. The van der Waals surface area contributed by atoms with Crippen LogP contribution in [0.2, 0.25) is 10.0 Å². The molecular formula is C13H10BrCl2N3S. The zero-order valence-corrected chi connectivity index (χ0v) is 14.4. The van der Waals surface area contributed by atoms with Gasteiger partial charge in [-0.05, 0) is 19.1 Å². The highest BCUT2D eigenvalue weighted by Crippen LogP contribution is 2.34. The van der Waals surface area contributed by atoms with Crippen LogP contribution in [0.25, 0.3) is 4.96 Å². The molecular weight excluding hydrogens is 381 g/mol. The summed E-state index contributed by atoms with van der Waals surface area (Å²) < 4.78 is 2.94.